The Kier molecular flexibility index (Phi) is 4.04. The fourth-order valence-corrected chi connectivity index (χ4v) is 1.13. The Morgan fingerprint density at radius 3 is 2.75 bits per heavy atom. The highest BCUT2D eigenvalue weighted by atomic mass is 16.7. The molecule has 0 atom stereocenters. The van der Waals surface area contributed by atoms with Crippen molar-refractivity contribution in [2.45, 2.75) is 19.8 Å². The van der Waals surface area contributed by atoms with E-state index in [9.17, 15) is 4.79 Å². The number of hydrogen-bond acceptors (Lipinski definition) is 4. The third-order valence-electron chi connectivity index (χ3n) is 1.76. The van der Waals surface area contributed by atoms with Crippen LogP contribution in [0.4, 0.5) is 0 Å². The van der Waals surface area contributed by atoms with Crippen molar-refractivity contribution in [2.75, 3.05) is 26.2 Å². The summed E-state index contributed by atoms with van der Waals surface area (Å²) in [6, 6.07) is 0. The van der Waals surface area contributed by atoms with Gasteiger partial charge in [-0.1, -0.05) is 6.92 Å². The van der Waals surface area contributed by atoms with E-state index in [-0.39, 0.29) is 5.97 Å². The summed E-state index contributed by atoms with van der Waals surface area (Å²) in [6.45, 7) is 5.38. The SMILES string of the molecule is CCCC(=O)ON1CCNCC1. The largest absolute Gasteiger partial charge is 0.368 e. The molecule has 0 bridgehead atoms. The molecule has 1 N–H and O–H groups in total. The summed E-state index contributed by atoms with van der Waals surface area (Å²) >= 11 is 0. The summed E-state index contributed by atoms with van der Waals surface area (Å²) < 4.78 is 0. The average molecular weight is 172 g/mol. The second-order valence-corrected chi connectivity index (χ2v) is 2.89. The van der Waals surface area contributed by atoms with Crippen LogP contribution in [-0.4, -0.2) is 37.2 Å². The van der Waals surface area contributed by atoms with E-state index < -0.39 is 0 Å². The lowest BCUT2D eigenvalue weighted by atomic mass is 10.3. The smallest absolute Gasteiger partial charge is 0.325 e. The summed E-state index contributed by atoms with van der Waals surface area (Å²) in [6.07, 6.45) is 1.37. The minimum Gasteiger partial charge on any atom is -0.368 e. The summed E-state index contributed by atoms with van der Waals surface area (Å²) in [4.78, 5) is 16.1. The van der Waals surface area contributed by atoms with Crippen molar-refractivity contribution in [3.63, 3.8) is 0 Å². The molecule has 0 amide bonds. The van der Waals surface area contributed by atoms with E-state index in [1.54, 1.807) is 5.06 Å². The molecule has 1 rings (SSSR count). The Morgan fingerprint density at radius 2 is 2.17 bits per heavy atom. The Hall–Kier alpha value is -0.610. The van der Waals surface area contributed by atoms with Crippen LogP contribution in [0.15, 0.2) is 0 Å². The van der Waals surface area contributed by atoms with Crippen LogP contribution in [0.3, 0.4) is 0 Å². The average Bonchev–Trinajstić information content (AvgIpc) is 2.06. The van der Waals surface area contributed by atoms with E-state index in [0.29, 0.717) is 6.42 Å². The molecular formula is C8H16N2O2. The van der Waals surface area contributed by atoms with Gasteiger partial charge in [0, 0.05) is 32.6 Å². The molecule has 4 heteroatoms. The summed E-state index contributed by atoms with van der Waals surface area (Å²) in [5.41, 5.74) is 0. The van der Waals surface area contributed by atoms with Crippen molar-refractivity contribution in [2.24, 2.45) is 0 Å². The second-order valence-electron chi connectivity index (χ2n) is 2.89. The molecular weight excluding hydrogens is 156 g/mol. The van der Waals surface area contributed by atoms with E-state index in [4.69, 9.17) is 4.84 Å². The van der Waals surface area contributed by atoms with Gasteiger partial charge in [-0.3, -0.25) is 4.79 Å². The molecule has 0 aromatic rings. The molecule has 1 saturated heterocycles. The van der Waals surface area contributed by atoms with Gasteiger partial charge in [-0.05, 0) is 6.42 Å². The molecule has 0 aromatic carbocycles. The highest BCUT2D eigenvalue weighted by molar-refractivity contribution is 5.68. The van der Waals surface area contributed by atoms with Crippen LogP contribution in [0, 0.1) is 0 Å². The van der Waals surface area contributed by atoms with Gasteiger partial charge >= 0.3 is 5.97 Å². The number of nitrogens with one attached hydrogen (secondary N) is 1. The summed E-state index contributed by atoms with van der Waals surface area (Å²) in [5.74, 6) is -0.112. The predicted molar refractivity (Wildman–Crippen MR) is 45.4 cm³/mol. The molecule has 70 valence electrons. The quantitative estimate of drug-likeness (QED) is 0.658. The topological polar surface area (TPSA) is 41.6 Å². The van der Waals surface area contributed by atoms with Crippen LogP contribution in [0.5, 0.6) is 0 Å². The van der Waals surface area contributed by atoms with E-state index in [1.165, 1.54) is 0 Å². The van der Waals surface area contributed by atoms with E-state index >= 15 is 0 Å². The maximum absolute atomic E-state index is 11.0. The van der Waals surface area contributed by atoms with Gasteiger partial charge < -0.3 is 10.2 Å². The number of carbonyl (C=O) groups excluding carboxylic acids is 1. The minimum atomic E-state index is -0.112. The highest BCUT2D eigenvalue weighted by Gasteiger charge is 2.13. The molecule has 0 aliphatic carbocycles. The number of nitrogens with zero attached hydrogens (tertiary/aromatic N) is 1. The molecule has 1 fully saturated rings. The van der Waals surface area contributed by atoms with Gasteiger partial charge in [0.25, 0.3) is 0 Å². The first-order chi connectivity index (χ1) is 5.83. The van der Waals surface area contributed by atoms with Crippen molar-refractivity contribution in [1.82, 2.24) is 10.4 Å². The Morgan fingerprint density at radius 1 is 1.50 bits per heavy atom. The Bertz CT molecular complexity index is 144. The molecule has 1 aliphatic rings. The second kappa shape index (κ2) is 5.11. The van der Waals surface area contributed by atoms with Crippen LogP contribution in [0.2, 0.25) is 0 Å². The number of rotatable bonds is 3. The lowest BCUT2D eigenvalue weighted by Gasteiger charge is -2.25. The van der Waals surface area contributed by atoms with Gasteiger partial charge in [0.15, 0.2) is 0 Å². The van der Waals surface area contributed by atoms with Crippen molar-refractivity contribution in [1.29, 1.82) is 0 Å². The Balaban J connectivity index is 2.15. The van der Waals surface area contributed by atoms with Gasteiger partial charge in [-0.15, -0.1) is 5.06 Å². The minimum absolute atomic E-state index is 0.112. The maximum atomic E-state index is 11.0. The monoisotopic (exact) mass is 172 g/mol. The van der Waals surface area contributed by atoms with E-state index in [1.807, 2.05) is 6.92 Å². The van der Waals surface area contributed by atoms with Crippen LogP contribution >= 0.6 is 0 Å². The zero-order valence-corrected chi connectivity index (χ0v) is 7.51. The number of carbonyl (C=O) groups is 1. The third-order valence-corrected chi connectivity index (χ3v) is 1.76. The standard InChI is InChI=1S/C8H16N2O2/c1-2-3-8(11)12-10-6-4-9-5-7-10/h9H,2-7H2,1H3. The van der Waals surface area contributed by atoms with Crippen molar-refractivity contribution in [3.8, 4) is 0 Å². The number of piperazine rings is 1. The van der Waals surface area contributed by atoms with Crippen LogP contribution in [0.1, 0.15) is 19.8 Å². The Labute approximate surface area is 72.8 Å². The normalized spacial score (nSPS) is 19.1. The zero-order chi connectivity index (χ0) is 8.81. The van der Waals surface area contributed by atoms with E-state index in [0.717, 1.165) is 32.6 Å². The van der Waals surface area contributed by atoms with E-state index in [2.05, 4.69) is 5.32 Å². The van der Waals surface area contributed by atoms with Gasteiger partial charge in [0.1, 0.15) is 0 Å². The molecule has 1 heterocycles. The van der Waals surface area contributed by atoms with Crippen molar-refractivity contribution < 1.29 is 9.63 Å². The molecule has 0 radical (unpaired) electrons. The van der Waals surface area contributed by atoms with Crippen molar-refractivity contribution in [3.05, 3.63) is 0 Å². The molecule has 4 nitrogen and oxygen atoms in total. The fourth-order valence-electron chi connectivity index (χ4n) is 1.13. The molecule has 0 aromatic heterocycles. The van der Waals surface area contributed by atoms with Gasteiger partial charge in [-0.25, -0.2) is 0 Å². The maximum Gasteiger partial charge on any atom is 0.325 e. The van der Waals surface area contributed by atoms with Crippen LogP contribution in [-0.2, 0) is 9.63 Å². The van der Waals surface area contributed by atoms with Crippen molar-refractivity contribution >= 4 is 5.97 Å². The number of hydrogen-bond donors (Lipinski definition) is 1. The molecule has 0 spiro atoms. The first kappa shape index (κ1) is 9.48. The van der Waals surface area contributed by atoms with Gasteiger partial charge in [0.2, 0.25) is 0 Å². The highest BCUT2D eigenvalue weighted by Crippen LogP contribution is 1.98. The molecule has 12 heavy (non-hydrogen) atoms. The zero-order valence-electron chi connectivity index (χ0n) is 7.51. The molecule has 0 unspecified atom stereocenters. The lowest BCUT2D eigenvalue weighted by molar-refractivity contribution is -0.192. The number of hydroxylamine groups is 2. The fraction of sp³-hybridized carbons (Fsp3) is 0.875. The van der Waals surface area contributed by atoms with Gasteiger partial charge in [-0.2, -0.15) is 0 Å². The van der Waals surface area contributed by atoms with Crippen LogP contribution < -0.4 is 5.32 Å². The third kappa shape index (κ3) is 3.19. The first-order valence-corrected chi connectivity index (χ1v) is 4.49. The summed E-state index contributed by atoms with van der Waals surface area (Å²) in [7, 11) is 0. The molecule has 0 saturated carbocycles. The van der Waals surface area contributed by atoms with Gasteiger partial charge in [0.05, 0.1) is 0 Å². The predicted octanol–water partition coefficient (Wildman–Crippen LogP) is 0.150. The summed E-state index contributed by atoms with van der Waals surface area (Å²) in [5, 5.41) is 4.92. The first-order valence-electron chi connectivity index (χ1n) is 4.49. The molecule has 1 aliphatic heterocycles. The van der Waals surface area contributed by atoms with Crippen LogP contribution in [0.25, 0.3) is 0 Å². The lowest BCUT2D eigenvalue weighted by Crippen LogP contribution is -2.44.